The number of nitrogen functional groups attached to an aromatic ring is 1. The molecule has 2 rings (SSSR count). The minimum Gasteiger partial charge on any atom is -0.443 e. The molecule has 0 fully saturated rings. The summed E-state index contributed by atoms with van der Waals surface area (Å²) in [5.41, 5.74) is 15.9. The van der Waals surface area contributed by atoms with Crippen LogP contribution >= 0.6 is 11.3 Å². The molecule has 7 N–H and O–H groups in total. The molecule has 0 aromatic carbocycles. The number of hydrogen-bond acceptors (Lipinski definition) is 9. The number of ether oxygens (including phenoxy) is 1. The summed E-state index contributed by atoms with van der Waals surface area (Å²) < 4.78 is 5.09. The monoisotopic (exact) mass is 365 g/mol. The smallest absolute Gasteiger partial charge is 0.426 e. The highest BCUT2D eigenvalue weighted by Gasteiger charge is 2.16. The lowest BCUT2D eigenvalue weighted by Gasteiger charge is -2.19. The number of anilines is 4. The Labute approximate surface area is 147 Å². The number of pyridine rings is 1. The Morgan fingerprint density at radius 2 is 2.00 bits per heavy atom. The van der Waals surface area contributed by atoms with Crippen molar-refractivity contribution in [3.63, 3.8) is 0 Å². The molecular weight excluding hydrogens is 346 g/mol. The lowest BCUT2D eigenvalue weighted by atomic mass is 10.2. The molecule has 2 aromatic rings. The van der Waals surface area contributed by atoms with Gasteiger partial charge in [-0.3, -0.25) is 10.2 Å². The molecule has 2 amide bonds. The Hall–Kier alpha value is -3.08. The Morgan fingerprint density at radius 1 is 1.28 bits per heavy atom. The quantitative estimate of drug-likeness (QED) is 0.502. The Bertz CT molecular complexity index is 768. The van der Waals surface area contributed by atoms with Crippen molar-refractivity contribution >= 4 is 45.0 Å². The van der Waals surface area contributed by atoms with Crippen molar-refractivity contribution in [2.24, 2.45) is 5.73 Å². The van der Waals surface area contributed by atoms with Crippen LogP contribution in [0.3, 0.4) is 0 Å². The maximum Gasteiger partial charge on any atom is 0.426 e. The zero-order valence-corrected chi connectivity index (χ0v) is 14.7. The second-order valence-corrected chi connectivity index (χ2v) is 6.94. The van der Waals surface area contributed by atoms with Crippen LogP contribution in [0.5, 0.6) is 0 Å². The van der Waals surface area contributed by atoms with Crippen molar-refractivity contribution < 1.29 is 14.3 Å². The van der Waals surface area contributed by atoms with Gasteiger partial charge in [0.15, 0.2) is 10.8 Å². The summed E-state index contributed by atoms with van der Waals surface area (Å²) >= 11 is 1.10. The summed E-state index contributed by atoms with van der Waals surface area (Å²) in [6, 6.07) is 3.33. The van der Waals surface area contributed by atoms with Crippen LogP contribution in [0, 0.1) is 0 Å². The first kappa shape index (κ1) is 18.3. The summed E-state index contributed by atoms with van der Waals surface area (Å²) in [5, 5.41) is 3.62. The molecule has 2 heterocycles. The van der Waals surface area contributed by atoms with Gasteiger partial charge < -0.3 is 21.5 Å². The zero-order chi connectivity index (χ0) is 18.6. The number of nitrogens with one attached hydrogen (secondary N) is 3. The van der Waals surface area contributed by atoms with E-state index in [-0.39, 0.29) is 10.7 Å². The van der Waals surface area contributed by atoms with E-state index in [0.29, 0.717) is 16.6 Å². The minimum atomic E-state index is -0.687. The first-order valence-electron chi connectivity index (χ1n) is 7.18. The average Bonchev–Trinajstić information content (AvgIpc) is 2.85. The van der Waals surface area contributed by atoms with Crippen LogP contribution in [0.4, 0.5) is 26.4 Å². The maximum absolute atomic E-state index is 11.5. The van der Waals surface area contributed by atoms with Crippen molar-refractivity contribution in [1.29, 1.82) is 0 Å². The molecule has 0 saturated carbocycles. The zero-order valence-electron chi connectivity index (χ0n) is 13.9. The number of thiazole rings is 1. The molecule has 25 heavy (non-hydrogen) atoms. The third-order valence-electron chi connectivity index (χ3n) is 2.59. The number of amides is 2. The van der Waals surface area contributed by atoms with E-state index in [4.69, 9.17) is 16.2 Å². The fourth-order valence-corrected chi connectivity index (χ4v) is 2.40. The third-order valence-corrected chi connectivity index (χ3v) is 3.39. The van der Waals surface area contributed by atoms with Gasteiger partial charge in [-0.25, -0.2) is 20.2 Å². The van der Waals surface area contributed by atoms with Crippen molar-refractivity contribution in [3.05, 3.63) is 24.0 Å². The molecule has 134 valence electrons. The Morgan fingerprint density at radius 3 is 2.52 bits per heavy atom. The average molecular weight is 365 g/mol. The summed E-state index contributed by atoms with van der Waals surface area (Å²) in [6.07, 6.45) is 0.898. The lowest BCUT2D eigenvalue weighted by Crippen LogP contribution is -2.36. The molecule has 0 unspecified atom stereocenters. The molecule has 11 heteroatoms. The van der Waals surface area contributed by atoms with Gasteiger partial charge in [-0.05, 0) is 32.9 Å². The summed E-state index contributed by atoms with van der Waals surface area (Å²) in [5.74, 6) is -0.277. The van der Waals surface area contributed by atoms with Gasteiger partial charge in [-0.15, -0.1) is 0 Å². The highest BCUT2D eigenvalue weighted by Crippen LogP contribution is 2.27. The van der Waals surface area contributed by atoms with Crippen molar-refractivity contribution in [2.75, 3.05) is 16.5 Å². The van der Waals surface area contributed by atoms with Crippen LogP contribution in [0.2, 0.25) is 0 Å². The number of hydrazine groups is 1. The normalized spacial score (nSPS) is 10.8. The number of hydrogen-bond donors (Lipinski definition) is 5. The summed E-state index contributed by atoms with van der Waals surface area (Å²) in [7, 11) is 0. The largest absolute Gasteiger partial charge is 0.443 e. The molecule has 10 nitrogen and oxygen atoms in total. The number of nitrogens with two attached hydrogens (primary N) is 2. The number of primary amides is 1. The van der Waals surface area contributed by atoms with Crippen LogP contribution < -0.4 is 27.6 Å². The lowest BCUT2D eigenvalue weighted by molar-refractivity contribution is 0.0540. The number of rotatable bonds is 5. The van der Waals surface area contributed by atoms with E-state index in [9.17, 15) is 9.59 Å². The predicted molar refractivity (Wildman–Crippen MR) is 95.6 cm³/mol. The van der Waals surface area contributed by atoms with Gasteiger partial charge in [0.05, 0.1) is 11.9 Å². The van der Waals surface area contributed by atoms with Crippen LogP contribution in [-0.4, -0.2) is 27.6 Å². The molecule has 0 spiro atoms. The summed E-state index contributed by atoms with van der Waals surface area (Å²) in [4.78, 5) is 30.8. The van der Waals surface area contributed by atoms with Crippen molar-refractivity contribution in [2.45, 2.75) is 26.4 Å². The van der Waals surface area contributed by atoms with Gasteiger partial charge in [0.1, 0.15) is 16.4 Å². The first-order chi connectivity index (χ1) is 11.6. The van der Waals surface area contributed by atoms with Crippen LogP contribution in [0.15, 0.2) is 18.3 Å². The molecule has 0 bridgehead atoms. The Kier molecular flexibility index (Phi) is 5.27. The Balaban J connectivity index is 1.93. The second-order valence-electron chi connectivity index (χ2n) is 5.91. The van der Waals surface area contributed by atoms with E-state index in [2.05, 4.69) is 26.1 Å². The first-order valence-corrected chi connectivity index (χ1v) is 8.00. The minimum absolute atomic E-state index is 0.0281. The standard InChI is InChI=1S/C14H19N7O3S/c1-14(2,3)24-13(23)21-20-8-5-4-7(6-17-8)18-12-19-9(10(15)22)11(16)25-12/h4-6H,16H2,1-3H3,(H2,15,22)(H,17,20)(H,18,19)(H,21,23). The number of carbonyl (C=O) groups is 2. The van der Waals surface area contributed by atoms with Gasteiger partial charge in [-0.2, -0.15) is 0 Å². The van der Waals surface area contributed by atoms with E-state index >= 15 is 0 Å². The molecule has 0 atom stereocenters. The molecule has 0 aliphatic rings. The maximum atomic E-state index is 11.5. The fourth-order valence-electron chi connectivity index (χ4n) is 1.65. The van der Waals surface area contributed by atoms with E-state index in [1.807, 2.05) is 0 Å². The van der Waals surface area contributed by atoms with Crippen LogP contribution in [0.25, 0.3) is 0 Å². The van der Waals surface area contributed by atoms with Gasteiger partial charge in [0, 0.05) is 0 Å². The van der Waals surface area contributed by atoms with E-state index in [1.54, 1.807) is 32.9 Å². The van der Waals surface area contributed by atoms with Crippen molar-refractivity contribution in [3.8, 4) is 0 Å². The SMILES string of the molecule is CC(C)(C)OC(=O)NNc1ccc(Nc2nc(C(N)=O)c(N)s2)cn1. The number of carbonyl (C=O) groups excluding carboxylic acids is 2. The van der Waals surface area contributed by atoms with Gasteiger partial charge in [0.2, 0.25) is 0 Å². The number of aromatic nitrogens is 2. The van der Waals surface area contributed by atoms with Gasteiger partial charge in [0.25, 0.3) is 5.91 Å². The summed E-state index contributed by atoms with van der Waals surface area (Å²) in [6.45, 7) is 5.29. The van der Waals surface area contributed by atoms with Crippen LogP contribution in [-0.2, 0) is 4.74 Å². The fraction of sp³-hybridized carbons (Fsp3) is 0.286. The molecule has 0 aliphatic carbocycles. The van der Waals surface area contributed by atoms with Gasteiger partial charge in [-0.1, -0.05) is 11.3 Å². The van der Waals surface area contributed by atoms with E-state index in [0.717, 1.165) is 11.3 Å². The van der Waals surface area contributed by atoms with Crippen LogP contribution in [0.1, 0.15) is 31.3 Å². The predicted octanol–water partition coefficient (Wildman–Crippen LogP) is 1.81. The number of nitrogens with zero attached hydrogens (tertiary/aromatic N) is 2. The topological polar surface area (TPSA) is 157 Å². The highest BCUT2D eigenvalue weighted by atomic mass is 32.1. The third kappa shape index (κ3) is 5.49. The molecule has 0 aliphatic heterocycles. The molecule has 0 radical (unpaired) electrons. The highest BCUT2D eigenvalue weighted by molar-refractivity contribution is 7.19. The van der Waals surface area contributed by atoms with Gasteiger partial charge >= 0.3 is 6.09 Å². The van der Waals surface area contributed by atoms with Crippen molar-refractivity contribution in [1.82, 2.24) is 15.4 Å². The second kappa shape index (κ2) is 7.21. The van der Waals surface area contributed by atoms with E-state index < -0.39 is 17.6 Å². The molecule has 2 aromatic heterocycles. The molecular formula is C14H19N7O3S. The van der Waals surface area contributed by atoms with E-state index in [1.165, 1.54) is 6.20 Å². The molecule has 0 saturated heterocycles.